The first-order chi connectivity index (χ1) is 18.6. The van der Waals surface area contributed by atoms with Crippen molar-refractivity contribution in [1.29, 1.82) is 0 Å². The van der Waals surface area contributed by atoms with Crippen molar-refractivity contribution in [3.8, 4) is 0 Å². The summed E-state index contributed by atoms with van der Waals surface area (Å²) in [4.78, 5) is 58.1. The van der Waals surface area contributed by atoms with Gasteiger partial charge in [0.25, 0.3) is 0 Å². The molecule has 0 rings (SSSR count). The largest absolute Gasteiger partial charge is 0.756 e. The second kappa shape index (κ2) is 25.7. The van der Waals surface area contributed by atoms with Crippen molar-refractivity contribution in [2.45, 2.75) is 90.4 Å². The van der Waals surface area contributed by atoms with E-state index in [9.17, 15) is 39.6 Å². The van der Waals surface area contributed by atoms with Gasteiger partial charge in [-0.25, -0.2) is 0 Å². The van der Waals surface area contributed by atoms with Crippen molar-refractivity contribution in [3.63, 3.8) is 0 Å². The van der Waals surface area contributed by atoms with Crippen LogP contribution >= 0.6 is 0 Å². The summed E-state index contributed by atoms with van der Waals surface area (Å²) >= 11 is 0. The van der Waals surface area contributed by atoms with Crippen LogP contribution in [-0.4, -0.2) is 84.0 Å². The second-order valence-electron chi connectivity index (χ2n) is 9.28. The molecule has 0 saturated carbocycles. The minimum absolute atomic E-state index is 0. The summed E-state index contributed by atoms with van der Waals surface area (Å²) in [5, 5.41) is 41.1. The van der Waals surface area contributed by atoms with Crippen LogP contribution in [-0.2, 0) is 41.0 Å². The molecule has 0 aliphatic carbocycles. The van der Waals surface area contributed by atoms with E-state index in [1.807, 2.05) is 0 Å². The van der Waals surface area contributed by atoms with Gasteiger partial charge in [0, 0.05) is 82.4 Å². The van der Waals surface area contributed by atoms with Gasteiger partial charge in [-0.1, -0.05) is 6.42 Å². The average molecular weight is 613 g/mol. The van der Waals surface area contributed by atoms with Crippen molar-refractivity contribution < 1.29 is 41.0 Å². The second-order valence-corrected chi connectivity index (χ2v) is 9.28. The monoisotopic (exact) mass is 612 g/mol. The molecule has 0 spiro atoms. The van der Waals surface area contributed by atoms with Gasteiger partial charge < -0.3 is 47.2 Å². The summed E-state index contributed by atoms with van der Waals surface area (Å²) < 4.78 is 0. The Bertz CT molecular complexity index is 746. The smallest absolute Gasteiger partial charge is 0.220 e. The fraction of sp³-hybridized carbons (Fsp3) is 0.800. The summed E-state index contributed by atoms with van der Waals surface area (Å²) in [6, 6.07) is 0. The molecule has 0 aliphatic heterocycles. The summed E-state index contributed by atoms with van der Waals surface area (Å²) in [7, 11) is 0. The molecule has 5 amide bonds. The number of unbranched alkanes of at least 4 members (excludes halogenated alkanes) is 6. The number of amides is 5. The quantitative estimate of drug-likeness (QED) is 0.0858. The van der Waals surface area contributed by atoms with E-state index in [4.69, 9.17) is 5.73 Å². The molecule has 1 radical (unpaired) electrons. The molecule has 0 aromatic rings. The number of hydroxylamine groups is 6. The Hall–Kier alpha value is -2.29. The van der Waals surface area contributed by atoms with Crippen molar-refractivity contribution in [3.05, 3.63) is 15.6 Å². The molecule has 0 bridgehead atoms. The number of rotatable bonds is 23. The maximum atomic E-state index is 11.9. The number of carbonyl (C=O) groups excluding carboxylic acids is 5. The van der Waals surface area contributed by atoms with E-state index in [-0.39, 0.29) is 74.2 Å². The Labute approximate surface area is 247 Å². The number of nitrogens with zero attached hydrogens (tertiary/aromatic N) is 3. The van der Waals surface area contributed by atoms with Crippen LogP contribution in [0, 0.1) is 15.6 Å². The third-order valence-electron chi connectivity index (χ3n) is 5.83. The standard InChI is InChI=1S/C25H45N6O8.Mn/c1-21(32)29(37)18-9-3-6-16-27-22(33)12-14-25(36)31(39)20-10-4-7-17-28-23(34)11-13-24(35)30(38)19-8-2-5-15-26;/h2-20,26H2,1H3,(H,27,33)(H,28,34);/q-3;. The molecule has 0 saturated heterocycles. The zero-order valence-corrected chi connectivity index (χ0v) is 24.7. The van der Waals surface area contributed by atoms with Gasteiger partial charge in [0.2, 0.25) is 29.5 Å². The number of nitrogens with two attached hydrogens (primary N) is 1. The summed E-state index contributed by atoms with van der Waals surface area (Å²) in [5.74, 6) is -2.50. The van der Waals surface area contributed by atoms with Gasteiger partial charge >= 0.3 is 0 Å². The van der Waals surface area contributed by atoms with Crippen LogP contribution in [0.5, 0.6) is 0 Å². The molecule has 0 aliphatic rings. The van der Waals surface area contributed by atoms with Crippen LogP contribution in [0.3, 0.4) is 0 Å². The molecule has 0 atom stereocenters. The number of hydrogen-bond donors (Lipinski definition) is 3. The van der Waals surface area contributed by atoms with Gasteiger partial charge in [-0.2, -0.15) is 0 Å². The summed E-state index contributed by atoms with van der Waals surface area (Å²) in [6.45, 7) is 2.69. The van der Waals surface area contributed by atoms with E-state index in [0.717, 1.165) is 12.8 Å². The fourth-order valence-electron chi connectivity index (χ4n) is 3.42. The average Bonchev–Trinajstić information content (AvgIpc) is 2.91. The Morgan fingerprint density at radius 3 is 1.32 bits per heavy atom. The Morgan fingerprint density at radius 2 is 0.950 bits per heavy atom. The first-order valence-electron chi connectivity index (χ1n) is 13.7. The molecule has 40 heavy (non-hydrogen) atoms. The third-order valence-corrected chi connectivity index (χ3v) is 5.83. The Balaban J connectivity index is 0. The maximum absolute atomic E-state index is 11.9. The zero-order valence-electron chi connectivity index (χ0n) is 23.5. The van der Waals surface area contributed by atoms with Crippen LogP contribution in [0.2, 0.25) is 0 Å². The maximum Gasteiger partial charge on any atom is 0.220 e. The van der Waals surface area contributed by atoms with Crippen LogP contribution < -0.4 is 16.4 Å². The fourth-order valence-corrected chi connectivity index (χ4v) is 3.42. The van der Waals surface area contributed by atoms with Crippen molar-refractivity contribution in [1.82, 2.24) is 25.8 Å². The van der Waals surface area contributed by atoms with E-state index < -0.39 is 17.7 Å². The van der Waals surface area contributed by atoms with Gasteiger partial charge in [0.05, 0.1) is 0 Å². The minimum atomic E-state index is -0.672. The van der Waals surface area contributed by atoms with Crippen LogP contribution in [0.15, 0.2) is 0 Å². The van der Waals surface area contributed by atoms with E-state index >= 15 is 0 Å². The van der Waals surface area contributed by atoms with Crippen LogP contribution in [0.25, 0.3) is 0 Å². The number of hydrogen-bond acceptors (Lipinski definition) is 9. The van der Waals surface area contributed by atoms with E-state index in [0.29, 0.717) is 79.8 Å². The molecule has 233 valence electrons. The number of nitrogens with one attached hydrogen (secondary N) is 2. The third kappa shape index (κ3) is 22.5. The first-order valence-corrected chi connectivity index (χ1v) is 13.7. The van der Waals surface area contributed by atoms with Crippen LogP contribution in [0.1, 0.15) is 90.4 Å². The predicted octanol–water partition coefficient (Wildman–Crippen LogP) is 1.25. The summed E-state index contributed by atoms with van der Waals surface area (Å²) in [6.07, 6.45) is 5.10. The molecule has 4 N–H and O–H groups in total. The van der Waals surface area contributed by atoms with Gasteiger partial charge in [0.1, 0.15) is 0 Å². The van der Waals surface area contributed by atoms with E-state index in [1.54, 1.807) is 0 Å². The Morgan fingerprint density at radius 1 is 0.575 bits per heavy atom. The molecule has 0 unspecified atom stereocenters. The molecular formula is C25H45MnN6O8-3. The molecule has 0 fully saturated rings. The summed E-state index contributed by atoms with van der Waals surface area (Å²) in [5.41, 5.74) is 5.37. The molecular weight excluding hydrogens is 567 g/mol. The Kier molecular flexibility index (Phi) is 25.6. The molecule has 15 heteroatoms. The van der Waals surface area contributed by atoms with Gasteiger partial charge in [-0.15, -0.1) is 0 Å². The van der Waals surface area contributed by atoms with Crippen molar-refractivity contribution in [2.75, 3.05) is 39.3 Å². The molecule has 0 aromatic carbocycles. The molecule has 14 nitrogen and oxygen atoms in total. The molecule has 0 heterocycles. The van der Waals surface area contributed by atoms with Crippen LogP contribution in [0.4, 0.5) is 0 Å². The SMILES string of the molecule is CC(=O)N([O-])CCCCCNC(=O)CCC(=O)N([O-])CCCCCNC(=O)CCC(=O)N([O-])CCCCCN.[Mn]. The van der Waals surface area contributed by atoms with E-state index in [1.165, 1.54) is 6.92 Å². The predicted molar refractivity (Wildman–Crippen MR) is 146 cm³/mol. The first kappa shape index (κ1) is 39.9. The van der Waals surface area contributed by atoms with Crippen molar-refractivity contribution >= 4 is 29.5 Å². The topological polar surface area (TPSA) is 214 Å². The van der Waals surface area contributed by atoms with E-state index in [2.05, 4.69) is 10.6 Å². The molecule has 0 aromatic heterocycles. The van der Waals surface area contributed by atoms with Gasteiger partial charge in [-0.05, 0) is 57.9 Å². The number of carbonyl (C=O) groups is 5. The zero-order chi connectivity index (χ0) is 29.5. The minimum Gasteiger partial charge on any atom is -0.756 e. The van der Waals surface area contributed by atoms with Gasteiger partial charge in [-0.3, -0.25) is 24.0 Å². The van der Waals surface area contributed by atoms with Gasteiger partial charge in [0.15, 0.2) is 0 Å². The van der Waals surface area contributed by atoms with Crippen molar-refractivity contribution in [2.24, 2.45) is 5.73 Å². The normalized spacial score (nSPS) is 10.3.